The Labute approximate surface area is 77.3 Å². The maximum Gasteiger partial charge on any atom is 0.125 e. The quantitative estimate of drug-likeness (QED) is 0.768. The van der Waals surface area contributed by atoms with Crippen molar-refractivity contribution in [3.8, 4) is 5.75 Å². The normalized spacial score (nSPS) is 12.7. The van der Waals surface area contributed by atoms with E-state index in [0.29, 0.717) is 5.02 Å². The maximum atomic E-state index is 5.94. The molecular weight excluding hydrogens is 174 g/mol. The van der Waals surface area contributed by atoms with Crippen LogP contribution < -0.4 is 10.5 Å². The molecule has 0 amide bonds. The number of methoxy groups -OCH3 is 1. The van der Waals surface area contributed by atoms with Crippen LogP contribution in [0.3, 0.4) is 0 Å². The first-order valence-corrected chi connectivity index (χ1v) is 4.12. The van der Waals surface area contributed by atoms with Crippen LogP contribution in [0.4, 0.5) is 0 Å². The lowest BCUT2D eigenvalue weighted by molar-refractivity contribution is 0.407. The van der Waals surface area contributed by atoms with Gasteiger partial charge in [-0.2, -0.15) is 0 Å². The van der Waals surface area contributed by atoms with Crippen LogP contribution in [0.25, 0.3) is 0 Å². The van der Waals surface area contributed by atoms with E-state index in [1.54, 1.807) is 7.11 Å². The molecule has 2 N–H and O–H groups in total. The molecule has 2 nitrogen and oxygen atoms in total. The van der Waals surface area contributed by atoms with Gasteiger partial charge in [-0.05, 0) is 19.1 Å². The number of benzene rings is 1. The Morgan fingerprint density at radius 2 is 2.17 bits per heavy atom. The summed E-state index contributed by atoms with van der Waals surface area (Å²) in [6, 6.07) is 5.40. The van der Waals surface area contributed by atoms with Crippen molar-refractivity contribution in [1.29, 1.82) is 0 Å². The van der Waals surface area contributed by atoms with Gasteiger partial charge in [0.25, 0.3) is 0 Å². The molecule has 1 atom stereocenters. The van der Waals surface area contributed by atoms with E-state index >= 15 is 0 Å². The summed E-state index contributed by atoms with van der Waals surface area (Å²) < 4.78 is 5.12. The fourth-order valence-electron chi connectivity index (χ4n) is 1.14. The number of rotatable bonds is 2. The highest BCUT2D eigenvalue weighted by Crippen LogP contribution is 2.30. The molecule has 0 aromatic heterocycles. The van der Waals surface area contributed by atoms with Crippen molar-refractivity contribution in [2.45, 2.75) is 13.0 Å². The minimum atomic E-state index is -0.103. The molecule has 0 aliphatic rings. The third kappa shape index (κ3) is 1.71. The van der Waals surface area contributed by atoms with E-state index in [1.807, 2.05) is 25.1 Å². The fourth-order valence-corrected chi connectivity index (χ4v) is 1.48. The molecule has 0 spiro atoms. The number of ether oxygens (including phenoxy) is 1. The van der Waals surface area contributed by atoms with E-state index in [9.17, 15) is 0 Å². The Balaban J connectivity index is 3.20. The van der Waals surface area contributed by atoms with E-state index in [-0.39, 0.29) is 6.04 Å². The summed E-state index contributed by atoms with van der Waals surface area (Å²) in [5.74, 6) is 0.748. The molecule has 0 fully saturated rings. The van der Waals surface area contributed by atoms with E-state index in [4.69, 9.17) is 22.1 Å². The molecule has 3 heteroatoms. The smallest absolute Gasteiger partial charge is 0.125 e. The standard InChI is InChI=1S/C9H12ClNO/c1-6(11)9-7(10)4-3-5-8(9)12-2/h3-6H,11H2,1-2H3. The first-order chi connectivity index (χ1) is 5.66. The van der Waals surface area contributed by atoms with Gasteiger partial charge in [-0.3, -0.25) is 0 Å². The third-order valence-corrected chi connectivity index (χ3v) is 2.02. The summed E-state index contributed by atoms with van der Waals surface area (Å²) in [5.41, 5.74) is 6.59. The van der Waals surface area contributed by atoms with Crippen LogP contribution in [0.2, 0.25) is 5.02 Å². The summed E-state index contributed by atoms with van der Waals surface area (Å²) in [7, 11) is 1.61. The van der Waals surface area contributed by atoms with Crippen molar-refractivity contribution >= 4 is 11.6 Å². The average Bonchev–Trinajstić information content (AvgIpc) is 2.03. The van der Waals surface area contributed by atoms with E-state index in [0.717, 1.165) is 11.3 Å². The van der Waals surface area contributed by atoms with Gasteiger partial charge in [0.05, 0.1) is 7.11 Å². The molecule has 0 saturated carbocycles. The van der Waals surface area contributed by atoms with Crippen LogP contribution in [0.5, 0.6) is 5.75 Å². The summed E-state index contributed by atoms with van der Waals surface area (Å²) in [6.45, 7) is 1.88. The minimum absolute atomic E-state index is 0.103. The summed E-state index contributed by atoms with van der Waals surface area (Å²) in [6.07, 6.45) is 0. The molecule has 0 heterocycles. The van der Waals surface area contributed by atoms with E-state index in [2.05, 4.69) is 0 Å². The van der Waals surface area contributed by atoms with Gasteiger partial charge in [-0.15, -0.1) is 0 Å². The van der Waals surface area contributed by atoms with Crippen LogP contribution in [-0.4, -0.2) is 7.11 Å². The Morgan fingerprint density at radius 1 is 1.50 bits per heavy atom. The fraction of sp³-hybridized carbons (Fsp3) is 0.333. The van der Waals surface area contributed by atoms with Gasteiger partial charge >= 0.3 is 0 Å². The molecular formula is C9H12ClNO. The predicted molar refractivity (Wildman–Crippen MR) is 50.6 cm³/mol. The van der Waals surface area contributed by atoms with Gasteiger partial charge in [-0.1, -0.05) is 17.7 Å². The van der Waals surface area contributed by atoms with Crippen molar-refractivity contribution in [1.82, 2.24) is 0 Å². The molecule has 1 aromatic rings. The number of hydrogen-bond donors (Lipinski definition) is 1. The Morgan fingerprint density at radius 3 is 2.58 bits per heavy atom. The third-order valence-electron chi connectivity index (χ3n) is 1.69. The summed E-state index contributed by atoms with van der Waals surface area (Å²) >= 11 is 5.94. The molecule has 1 rings (SSSR count). The molecule has 66 valence electrons. The van der Waals surface area contributed by atoms with Gasteiger partial charge in [0.1, 0.15) is 5.75 Å². The molecule has 0 radical (unpaired) electrons. The second kappa shape index (κ2) is 3.78. The van der Waals surface area contributed by atoms with Crippen LogP contribution in [0, 0.1) is 0 Å². The lowest BCUT2D eigenvalue weighted by Gasteiger charge is -2.12. The number of nitrogens with two attached hydrogens (primary N) is 1. The summed E-state index contributed by atoms with van der Waals surface area (Å²) in [5, 5.41) is 0.657. The predicted octanol–water partition coefficient (Wildman–Crippen LogP) is 2.37. The Hall–Kier alpha value is -0.730. The molecule has 0 saturated heterocycles. The molecule has 1 aromatic carbocycles. The number of hydrogen-bond acceptors (Lipinski definition) is 2. The van der Waals surface area contributed by atoms with Crippen LogP contribution in [-0.2, 0) is 0 Å². The SMILES string of the molecule is COc1cccc(Cl)c1C(C)N. The topological polar surface area (TPSA) is 35.2 Å². The molecule has 0 aliphatic heterocycles. The molecule has 1 unspecified atom stereocenters. The second-order valence-corrected chi connectivity index (χ2v) is 3.05. The zero-order chi connectivity index (χ0) is 9.14. The zero-order valence-corrected chi connectivity index (χ0v) is 7.93. The molecule has 12 heavy (non-hydrogen) atoms. The monoisotopic (exact) mass is 185 g/mol. The van der Waals surface area contributed by atoms with Crippen molar-refractivity contribution in [2.75, 3.05) is 7.11 Å². The highest BCUT2D eigenvalue weighted by molar-refractivity contribution is 6.31. The lowest BCUT2D eigenvalue weighted by atomic mass is 10.1. The molecule has 0 bridgehead atoms. The Bertz CT molecular complexity index is 273. The van der Waals surface area contributed by atoms with E-state index in [1.165, 1.54) is 0 Å². The highest BCUT2D eigenvalue weighted by Gasteiger charge is 2.10. The maximum absolute atomic E-state index is 5.94. The van der Waals surface area contributed by atoms with Crippen molar-refractivity contribution in [3.05, 3.63) is 28.8 Å². The van der Waals surface area contributed by atoms with Crippen molar-refractivity contribution in [3.63, 3.8) is 0 Å². The van der Waals surface area contributed by atoms with Gasteiger partial charge in [0.2, 0.25) is 0 Å². The Kier molecular flexibility index (Phi) is 2.95. The minimum Gasteiger partial charge on any atom is -0.496 e. The number of halogens is 1. The largest absolute Gasteiger partial charge is 0.496 e. The van der Waals surface area contributed by atoms with Gasteiger partial charge in [0.15, 0.2) is 0 Å². The van der Waals surface area contributed by atoms with Crippen LogP contribution in [0.1, 0.15) is 18.5 Å². The van der Waals surface area contributed by atoms with E-state index < -0.39 is 0 Å². The average molecular weight is 186 g/mol. The van der Waals surface area contributed by atoms with Gasteiger partial charge in [0, 0.05) is 16.6 Å². The van der Waals surface area contributed by atoms with Crippen LogP contribution in [0.15, 0.2) is 18.2 Å². The second-order valence-electron chi connectivity index (χ2n) is 2.64. The zero-order valence-electron chi connectivity index (χ0n) is 7.17. The molecule has 0 aliphatic carbocycles. The van der Waals surface area contributed by atoms with Gasteiger partial charge in [-0.25, -0.2) is 0 Å². The van der Waals surface area contributed by atoms with Crippen LogP contribution >= 0.6 is 11.6 Å². The summed E-state index contributed by atoms with van der Waals surface area (Å²) in [4.78, 5) is 0. The van der Waals surface area contributed by atoms with Gasteiger partial charge < -0.3 is 10.5 Å². The first-order valence-electron chi connectivity index (χ1n) is 3.74. The first kappa shape index (κ1) is 9.36. The lowest BCUT2D eigenvalue weighted by Crippen LogP contribution is -2.07. The highest BCUT2D eigenvalue weighted by atomic mass is 35.5. The van der Waals surface area contributed by atoms with Crippen molar-refractivity contribution < 1.29 is 4.74 Å². The van der Waals surface area contributed by atoms with Crippen molar-refractivity contribution in [2.24, 2.45) is 5.73 Å².